The molecule has 1 aliphatic carbocycles. The molecule has 0 saturated heterocycles. The van der Waals surface area contributed by atoms with Gasteiger partial charge in [0.05, 0.1) is 0 Å². The summed E-state index contributed by atoms with van der Waals surface area (Å²) in [5.41, 5.74) is -4.95. The third-order valence-corrected chi connectivity index (χ3v) is 1.94. The summed E-state index contributed by atoms with van der Waals surface area (Å²) in [5, 5.41) is 0. The fourth-order valence-corrected chi connectivity index (χ4v) is 1.26. The highest BCUT2D eigenvalue weighted by Gasteiger charge is 2.37. The maximum Gasteiger partial charge on any atom is 0.423 e. The van der Waals surface area contributed by atoms with Crippen molar-refractivity contribution in [3.8, 4) is 23.0 Å². The summed E-state index contributed by atoms with van der Waals surface area (Å²) in [6.07, 6.45) is 0. The number of hydrogen-bond acceptors (Lipinski definition) is 8. The van der Waals surface area contributed by atoms with Gasteiger partial charge in [-0.25, -0.2) is 19.2 Å². The molecule has 8 heteroatoms. The highest BCUT2D eigenvalue weighted by Crippen LogP contribution is 2.43. The predicted molar refractivity (Wildman–Crippen MR) is 45.0 cm³/mol. The van der Waals surface area contributed by atoms with E-state index in [1.807, 2.05) is 0 Å². The SMILES string of the molecule is O=c1oc2c(oc1=O)-c1oc(=O)c(=O)oc1-2. The first kappa shape index (κ1) is 8.65. The number of rotatable bonds is 0. The molecule has 2 aromatic rings. The summed E-state index contributed by atoms with van der Waals surface area (Å²) < 4.78 is 18.0. The molecule has 3 rings (SSSR count). The van der Waals surface area contributed by atoms with Crippen molar-refractivity contribution >= 4 is 0 Å². The Labute approximate surface area is 83.3 Å². The Kier molecular flexibility index (Phi) is 1.34. The van der Waals surface area contributed by atoms with Crippen molar-refractivity contribution in [3.05, 3.63) is 41.7 Å². The lowest BCUT2D eigenvalue weighted by Gasteiger charge is -2.12. The molecule has 0 unspecified atom stereocenters. The summed E-state index contributed by atoms with van der Waals surface area (Å²) in [4.78, 5) is 43.2. The fourth-order valence-electron chi connectivity index (χ4n) is 1.26. The molecule has 0 aliphatic heterocycles. The molecule has 1 aliphatic rings. The van der Waals surface area contributed by atoms with Crippen LogP contribution >= 0.6 is 0 Å². The van der Waals surface area contributed by atoms with Crippen molar-refractivity contribution in [1.29, 1.82) is 0 Å². The van der Waals surface area contributed by atoms with E-state index in [4.69, 9.17) is 0 Å². The van der Waals surface area contributed by atoms with Crippen LogP contribution in [0.1, 0.15) is 0 Å². The standard InChI is InChI=1S/C8O8/c9-5-6(10)14-2-1(13-5)3-4(2)16-8(12)7(11)15-3. The van der Waals surface area contributed by atoms with Crippen molar-refractivity contribution in [2.45, 2.75) is 0 Å². The number of fused-ring (bicyclic) bond motifs is 4. The Morgan fingerprint density at radius 2 is 0.625 bits per heavy atom. The van der Waals surface area contributed by atoms with Crippen LogP contribution in [0.25, 0.3) is 23.0 Å². The van der Waals surface area contributed by atoms with Gasteiger partial charge in [0.15, 0.2) is 0 Å². The Morgan fingerprint density at radius 3 is 0.812 bits per heavy atom. The van der Waals surface area contributed by atoms with E-state index in [1.165, 1.54) is 0 Å². The first-order valence-electron chi connectivity index (χ1n) is 3.95. The molecule has 0 atom stereocenters. The van der Waals surface area contributed by atoms with Gasteiger partial charge in [-0.2, -0.15) is 0 Å². The summed E-state index contributed by atoms with van der Waals surface area (Å²) in [6, 6.07) is 0. The van der Waals surface area contributed by atoms with Gasteiger partial charge in [-0.1, -0.05) is 0 Å². The van der Waals surface area contributed by atoms with Crippen LogP contribution in [-0.2, 0) is 0 Å². The van der Waals surface area contributed by atoms with Crippen LogP contribution in [0, 0.1) is 0 Å². The molecule has 16 heavy (non-hydrogen) atoms. The van der Waals surface area contributed by atoms with Crippen molar-refractivity contribution in [2.24, 2.45) is 0 Å². The van der Waals surface area contributed by atoms with Crippen LogP contribution in [0.15, 0.2) is 36.8 Å². The third-order valence-electron chi connectivity index (χ3n) is 1.94. The lowest BCUT2D eigenvalue weighted by atomic mass is 10.1. The first-order valence-corrected chi connectivity index (χ1v) is 3.95. The molecular weight excluding hydrogens is 224 g/mol. The van der Waals surface area contributed by atoms with Crippen LogP contribution in [0.4, 0.5) is 0 Å². The van der Waals surface area contributed by atoms with E-state index >= 15 is 0 Å². The van der Waals surface area contributed by atoms with Crippen molar-refractivity contribution in [2.75, 3.05) is 0 Å². The lowest BCUT2D eigenvalue weighted by molar-refractivity contribution is 0.332. The van der Waals surface area contributed by atoms with Crippen LogP contribution in [0.3, 0.4) is 0 Å². The molecule has 8 nitrogen and oxygen atoms in total. The zero-order valence-electron chi connectivity index (χ0n) is 7.27. The van der Waals surface area contributed by atoms with Gasteiger partial charge in [0.2, 0.25) is 23.0 Å². The molecular formula is C8O8. The van der Waals surface area contributed by atoms with Gasteiger partial charge < -0.3 is 17.7 Å². The molecule has 0 saturated carbocycles. The van der Waals surface area contributed by atoms with Gasteiger partial charge in [0.1, 0.15) is 0 Å². The minimum absolute atomic E-state index is 0.222. The number of hydrogen-bond donors (Lipinski definition) is 0. The molecule has 2 heterocycles. The quantitative estimate of drug-likeness (QED) is 0.452. The molecule has 0 radical (unpaired) electrons. The van der Waals surface area contributed by atoms with E-state index in [2.05, 4.69) is 17.7 Å². The summed E-state index contributed by atoms with van der Waals surface area (Å²) in [5.74, 6) is -0.887. The van der Waals surface area contributed by atoms with Crippen LogP contribution < -0.4 is 22.5 Å². The largest absolute Gasteiger partial charge is 0.423 e. The summed E-state index contributed by atoms with van der Waals surface area (Å²) >= 11 is 0. The normalized spacial score (nSPS) is 11.5. The highest BCUT2D eigenvalue weighted by molar-refractivity contribution is 5.87. The molecule has 0 amide bonds. The molecule has 0 bridgehead atoms. The molecule has 2 aromatic heterocycles. The molecule has 0 N–H and O–H groups in total. The molecule has 0 spiro atoms. The highest BCUT2D eigenvalue weighted by atomic mass is 16.5. The zero-order chi connectivity index (χ0) is 11.4. The van der Waals surface area contributed by atoms with E-state index < -0.39 is 22.5 Å². The predicted octanol–water partition coefficient (Wildman–Crippen LogP) is -0.853. The van der Waals surface area contributed by atoms with E-state index in [9.17, 15) is 19.2 Å². The second kappa shape index (κ2) is 2.48. The Hall–Kier alpha value is -2.64. The Bertz CT molecular complexity index is 671. The minimum Gasteiger partial charge on any atom is -0.410 e. The van der Waals surface area contributed by atoms with E-state index in [0.29, 0.717) is 0 Å². The average molecular weight is 224 g/mol. The summed E-state index contributed by atoms with van der Waals surface area (Å²) in [7, 11) is 0. The Balaban J connectivity index is 2.43. The van der Waals surface area contributed by atoms with Gasteiger partial charge in [-0.3, -0.25) is 0 Å². The van der Waals surface area contributed by atoms with Gasteiger partial charge in [0, 0.05) is 0 Å². The third kappa shape index (κ3) is 0.874. The van der Waals surface area contributed by atoms with Crippen molar-refractivity contribution in [1.82, 2.24) is 0 Å². The zero-order valence-corrected chi connectivity index (χ0v) is 7.27. The second-order valence-electron chi connectivity index (χ2n) is 2.87. The topological polar surface area (TPSA) is 121 Å². The van der Waals surface area contributed by atoms with E-state index in [1.54, 1.807) is 0 Å². The lowest BCUT2D eigenvalue weighted by Crippen LogP contribution is -2.28. The van der Waals surface area contributed by atoms with Crippen molar-refractivity contribution < 1.29 is 17.7 Å². The van der Waals surface area contributed by atoms with Crippen LogP contribution in [0.2, 0.25) is 0 Å². The van der Waals surface area contributed by atoms with Crippen molar-refractivity contribution in [3.63, 3.8) is 0 Å². The minimum atomic E-state index is -1.24. The molecule has 80 valence electrons. The average Bonchev–Trinajstić information content (AvgIpc) is 2.26. The van der Waals surface area contributed by atoms with Gasteiger partial charge >= 0.3 is 22.5 Å². The maximum absolute atomic E-state index is 10.8. The van der Waals surface area contributed by atoms with Crippen LogP contribution in [0.5, 0.6) is 0 Å². The van der Waals surface area contributed by atoms with Gasteiger partial charge in [0.25, 0.3) is 0 Å². The summed E-state index contributed by atoms with van der Waals surface area (Å²) in [6.45, 7) is 0. The molecule has 0 fully saturated rings. The smallest absolute Gasteiger partial charge is 0.410 e. The van der Waals surface area contributed by atoms with Crippen LogP contribution in [-0.4, -0.2) is 0 Å². The van der Waals surface area contributed by atoms with Gasteiger partial charge in [-0.05, 0) is 0 Å². The first-order chi connectivity index (χ1) is 7.58. The maximum atomic E-state index is 10.8. The van der Waals surface area contributed by atoms with Gasteiger partial charge in [-0.15, -0.1) is 0 Å². The molecule has 0 aromatic carbocycles. The van der Waals surface area contributed by atoms with E-state index in [0.717, 1.165) is 0 Å². The Morgan fingerprint density at radius 1 is 0.438 bits per heavy atom. The monoisotopic (exact) mass is 224 g/mol. The fraction of sp³-hybridized carbons (Fsp3) is 0. The van der Waals surface area contributed by atoms with E-state index in [-0.39, 0.29) is 23.0 Å². The second-order valence-corrected chi connectivity index (χ2v) is 2.87.